The molecule has 0 atom stereocenters. The minimum Gasteiger partial charge on any atom is -0.345 e. The predicted molar refractivity (Wildman–Crippen MR) is 61.6 cm³/mol. The Hall–Kier alpha value is -2.36. The van der Waals surface area contributed by atoms with Crippen LogP contribution in [0.3, 0.4) is 0 Å². The molecule has 0 bridgehead atoms. The molecule has 3 aromatic rings. The van der Waals surface area contributed by atoms with E-state index < -0.39 is 0 Å². The zero-order valence-corrected chi connectivity index (χ0v) is 8.51. The van der Waals surface area contributed by atoms with Gasteiger partial charge >= 0.3 is 0 Å². The van der Waals surface area contributed by atoms with Crippen molar-refractivity contribution < 1.29 is 0 Å². The Morgan fingerprint density at radius 3 is 1.44 bits per heavy atom. The fourth-order valence-electron chi connectivity index (χ4n) is 1.63. The van der Waals surface area contributed by atoms with Crippen molar-refractivity contribution in [2.45, 2.75) is 0 Å². The summed E-state index contributed by atoms with van der Waals surface area (Å²) in [4.78, 5) is 14.5. The summed E-state index contributed by atoms with van der Waals surface area (Å²) in [6, 6.07) is 8.10. The van der Waals surface area contributed by atoms with Gasteiger partial charge < -0.3 is 9.97 Å². The first-order valence-corrected chi connectivity index (χ1v) is 5.03. The summed E-state index contributed by atoms with van der Waals surface area (Å²) in [5.41, 5.74) is 2.14. The van der Waals surface area contributed by atoms with Crippen LogP contribution in [0.2, 0.25) is 0 Å². The van der Waals surface area contributed by atoms with E-state index in [1.165, 1.54) is 0 Å². The van der Waals surface area contributed by atoms with Gasteiger partial charge in [0, 0.05) is 35.9 Å². The van der Waals surface area contributed by atoms with Gasteiger partial charge in [0.1, 0.15) is 11.6 Å². The van der Waals surface area contributed by atoms with Crippen LogP contribution in [0.15, 0.2) is 49.1 Å². The van der Waals surface area contributed by atoms with Gasteiger partial charge in [-0.05, 0) is 0 Å². The number of hydrogen-bond acceptors (Lipinski definition) is 2. The molecule has 2 N–H and O–H groups in total. The highest BCUT2D eigenvalue weighted by molar-refractivity contribution is 5.62. The molecule has 78 valence electrons. The van der Waals surface area contributed by atoms with Crippen molar-refractivity contribution in [1.29, 1.82) is 0 Å². The largest absolute Gasteiger partial charge is 0.345 e. The van der Waals surface area contributed by atoms with Crippen LogP contribution in [0.4, 0.5) is 0 Å². The lowest BCUT2D eigenvalue weighted by atomic mass is 10.1. The van der Waals surface area contributed by atoms with Gasteiger partial charge in [-0.25, -0.2) is 9.97 Å². The normalized spacial score (nSPS) is 10.5. The van der Waals surface area contributed by atoms with E-state index in [4.69, 9.17) is 0 Å². The first-order valence-electron chi connectivity index (χ1n) is 5.03. The molecule has 0 saturated carbocycles. The Bertz CT molecular complexity index is 496. The fraction of sp³-hybridized carbons (Fsp3) is 0. The summed E-state index contributed by atoms with van der Waals surface area (Å²) in [6.07, 6.45) is 7.12. The third-order valence-corrected chi connectivity index (χ3v) is 2.43. The molecular weight excluding hydrogens is 200 g/mol. The maximum absolute atomic E-state index is 4.20. The Morgan fingerprint density at radius 2 is 1.12 bits per heavy atom. The molecular formula is C12H10N4. The summed E-state index contributed by atoms with van der Waals surface area (Å²) in [5, 5.41) is 0. The summed E-state index contributed by atoms with van der Waals surface area (Å²) < 4.78 is 0. The van der Waals surface area contributed by atoms with Crippen LogP contribution in [-0.4, -0.2) is 19.9 Å². The van der Waals surface area contributed by atoms with E-state index in [2.05, 4.69) is 19.9 Å². The summed E-state index contributed by atoms with van der Waals surface area (Å²) in [5.74, 6) is 1.76. The third-order valence-electron chi connectivity index (χ3n) is 2.43. The Kier molecular flexibility index (Phi) is 2.04. The standard InChI is InChI=1S/C12H10N4/c1-2-10(12-15-7-8-16-12)4-3-9(1)11-13-5-6-14-11/h1-8H,(H,13,14)(H,15,16). The maximum atomic E-state index is 4.20. The van der Waals surface area contributed by atoms with Gasteiger partial charge in [-0.15, -0.1) is 0 Å². The molecule has 0 unspecified atom stereocenters. The molecule has 0 radical (unpaired) electrons. The van der Waals surface area contributed by atoms with Crippen LogP contribution in [0, 0.1) is 0 Å². The molecule has 1 aromatic carbocycles. The minimum absolute atomic E-state index is 0.881. The SMILES string of the molecule is c1c[nH]c(-c2ccc(-c3ncc[nH]3)cc2)n1. The zero-order valence-electron chi connectivity index (χ0n) is 8.51. The smallest absolute Gasteiger partial charge is 0.137 e. The van der Waals surface area contributed by atoms with E-state index in [0.717, 1.165) is 22.8 Å². The van der Waals surface area contributed by atoms with Crippen LogP contribution >= 0.6 is 0 Å². The Morgan fingerprint density at radius 1 is 0.688 bits per heavy atom. The topological polar surface area (TPSA) is 57.4 Å². The van der Waals surface area contributed by atoms with Crippen molar-refractivity contribution in [3.8, 4) is 22.8 Å². The molecule has 0 aliphatic heterocycles. The summed E-state index contributed by atoms with van der Waals surface area (Å²) in [6.45, 7) is 0. The summed E-state index contributed by atoms with van der Waals surface area (Å²) >= 11 is 0. The van der Waals surface area contributed by atoms with Crippen molar-refractivity contribution in [3.63, 3.8) is 0 Å². The van der Waals surface area contributed by atoms with Gasteiger partial charge in [0.05, 0.1) is 0 Å². The van der Waals surface area contributed by atoms with Gasteiger partial charge in [0.25, 0.3) is 0 Å². The van der Waals surface area contributed by atoms with Gasteiger partial charge in [-0.3, -0.25) is 0 Å². The van der Waals surface area contributed by atoms with Crippen molar-refractivity contribution >= 4 is 0 Å². The van der Waals surface area contributed by atoms with Crippen LogP contribution < -0.4 is 0 Å². The fourth-order valence-corrected chi connectivity index (χ4v) is 1.63. The van der Waals surface area contributed by atoms with E-state index in [1.807, 2.05) is 36.7 Å². The highest BCUT2D eigenvalue weighted by atomic mass is 14.9. The molecule has 2 aromatic heterocycles. The number of nitrogens with one attached hydrogen (secondary N) is 2. The monoisotopic (exact) mass is 210 g/mol. The third kappa shape index (κ3) is 1.50. The molecule has 4 heteroatoms. The lowest BCUT2D eigenvalue weighted by Gasteiger charge is -1.99. The number of imidazole rings is 2. The van der Waals surface area contributed by atoms with E-state index >= 15 is 0 Å². The molecule has 0 spiro atoms. The lowest BCUT2D eigenvalue weighted by Crippen LogP contribution is -1.83. The van der Waals surface area contributed by atoms with Crippen molar-refractivity contribution in [1.82, 2.24) is 19.9 Å². The maximum Gasteiger partial charge on any atom is 0.137 e. The number of benzene rings is 1. The lowest BCUT2D eigenvalue weighted by molar-refractivity contribution is 1.29. The average molecular weight is 210 g/mol. The number of nitrogens with zero attached hydrogens (tertiary/aromatic N) is 2. The molecule has 3 rings (SSSR count). The molecule has 4 nitrogen and oxygen atoms in total. The molecule has 16 heavy (non-hydrogen) atoms. The van der Waals surface area contributed by atoms with Gasteiger partial charge in [-0.1, -0.05) is 24.3 Å². The Labute approximate surface area is 92.4 Å². The van der Waals surface area contributed by atoms with Crippen molar-refractivity contribution in [2.24, 2.45) is 0 Å². The quantitative estimate of drug-likeness (QED) is 0.682. The van der Waals surface area contributed by atoms with Crippen LogP contribution in [0.25, 0.3) is 22.8 Å². The van der Waals surface area contributed by atoms with E-state index in [-0.39, 0.29) is 0 Å². The number of rotatable bonds is 2. The second-order valence-corrected chi connectivity index (χ2v) is 3.45. The van der Waals surface area contributed by atoms with Crippen molar-refractivity contribution in [3.05, 3.63) is 49.1 Å². The zero-order chi connectivity index (χ0) is 10.8. The number of H-pyrrole nitrogens is 2. The highest BCUT2D eigenvalue weighted by Crippen LogP contribution is 2.19. The molecule has 2 heterocycles. The minimum atomic E-state index is 0.881. The number of hydrogen-bond donors (Lipinski definition) is 2. The van der Waals surface area contributed by atoms with Crippen LogP contribution in [-0.2, 0) is 0 Å². The van der Waals surface area contributed by atoms with Crippen LogP contribution in [0.5, 0.6) is 0 Å². The van der Waals surface area contributed by atoms with Gasteiger partial charge in [-0.2, -0.15) is 0 Å². The molecule has 0 saturated heterocycles. The number of aromatic amines is 2. The molecule has 0 aliphatic rings. The second-order valence-electron chi connectivity index (χ2n) is 3.45. The molecule has 0 amide bonds. The van der Waals surface area contributed by atoms with Crippen molar-refractivity contribution in [2.75, 3.05) is 0 Å². The second kappa shape index (κ2) is 3.66. The predicted octanol–water partition coefficient (Wildman–Crippen LogP) is 2.47. The number of aromatic nitrogens is 4. The van der Waals surface area contributed by atoms with E-state index in [0.29, 0.717) is 0 Å². The van der Waals surface area contributed by atoms with Gasteiger partial charge in [0.15, 0.2) is 0 Å². The highest BCUT2D eigenvalue weighted by Gasteiger charge is 2.02. The van der Waals surface area contributed by atoms with Crippen LogP contribution in [0.1, 0.15) is 0 Å². The first-order chi connectivity index (χ1) is 7.93. The molecule has 0 aliphatic carbocycles. The van der Waals surface area contributed by atoms with E-state index in [1.54, 1.807) is 12.4 Å². The average Bonchev–Trinajstić information content (AvgIpc) is 3.03. The summed E-state index contributed by atoms with van der Waals surface area (Å²) in [7, 11) is 0. The first kappa shape index (κ1) is 8.91. The van der Waals surface area contributed by atoms with Gasteiger partial charge in [0.2, 0.25) is 0 Å². The van der Waals surface area contributed by atoms with E-state index in [9.17, 15) is 0 Å². The Balaban J connectivity index is 1.97. The molecule has 0 fully saturated rings.